The van der Waals surface area contributed by atoms with Gasteiger partial charge < -0.3 is 15.3 Å². The average Bonchev–Trinajstić information content (AvgIpc) is 1.88. The van der Waals surface area contributed by atoms with Crippen molar-refractivity contribution in [3.8, 4) is 0 Å². The summed E-state index contributed by atoms with van der Waals surface area (Å²) in [5.41, 5.74) is 0. The van der Waals surface area contributed by atoms with E-state index < -0.39 is 12.2 Å². The molecular formula is C6H13ClO3. The summed E-state index contributed by atoms with van der Waals surface area (Å²) >= 11 is 5.27. The van der Waals surface area contributed by atoms with Gasteiger partial charge in [0.2, 0.25) is 0 Å². The highest BCUT2D eigenvalue weighted by Crippen LogP contribution is 2.02. The smallest absolute Gasteiger partial charge is 0.0700 e. The van der Waals surface area contributed by atoms with E-state index in [2.05, 4.69) is 0 Å². The fourth-order valence-corrected chi connectivity index (χ4v) is 0.770. The third-order valence-corrected chi connectivity index (χ3v) is 1.54. The molecule has 0 unspecified atom stereocenters. The normalized spacial score (nSPS) is 16.8. The summed E-state index contributed by atoms with van der Waals surface area (Å²) in [4.78, 5) is 0. The predicted molar refractivity (Wildman–Crippen MR) is 39.1 cm³/mol. The molecule has 0 aliphatic rings. The molecule has 0 spiro atoms. The lowest BCUT2D eigenvalue weighted by Crippen LogP contribution is -2.19. The van der Waals surface area contributed by atoms with Gasteiger partial charge in [-0.1, -0.05) is 0 Å². The Balaban J connectivity index is 3.27. The van der Waals surface area contributed by atoms with Crippen LogP contribution in [0.15, 0.2) is 0 Å². The summed E-state index contributed by atoms with van der Waals surface area (Å²) in [5.74, 6) is 0.127. The molecule has 0 aromatic carbocycles. The number of hydrogen-bond donors (Lipinski definition) is 3. The molecule has 4 heteroatoms. The Labute approximate surface area is 65.2 Å². The summed E-state index contributed by atoms with van der Waals surface area (Å²) in [5, 5.41) is 26.2. The molecule has 0 aliphatic heterocycles. The van der Waals surface area contributed by atoms with E-state index in [4.69, 9.17) is 26.9 Å². The van der Waals surface area contributed by atoms with E-state index in [1.807, 2.05) is 0 Å². The second-order valence-corrected chi connectivity index (χ2v) is 2.52. The Kier molecular flexibility index (Phi) is 6.02. The molecule has 0 bridgehead atoms. The maximum Gasteiger partial charge on any atom is 0.0700 e. The van der Waals surface area contributed by atoms with Crippen molar-refractivity contribution in [3.05, 3.63) is 0 Å². The van der Waals surface area contributed by atoms with Gasteiger partial charge in [-0.05, 0) is 6.42 Å². The largest absolute Gasteiger partial charge is 0.396 e. The van der Waals surface area contributed by atoms with Gasteiger partial charge in [0.05, 0.1) is 12.2 Å². The van der Waals surface area contributed by atoms with Crippen molar-refractivity contribution in [1.29, 1.82) is 0 Å². The first kappa shape index (κ1) is 10.2. The zero-order valence-corrected chi connectivity index (χ0v) is 6.46. The van der Waals surface area contributed by atoms with Gasteiger partial charge in [-0.15, -0.1) is 11.6 Å². The number of alkyl halides is 1. The highest BCUT2D eigenvalue weighted by atomic mass is 35.5. The maximum atomic E-state index is 8.97. The van der Waals surface area contributed by atoms with Crippen LogP contribution in [0.3, 0.4) is 0 Å². The third kappa shape index (κ3) is 4.99. The van der Waals surface area contributed by atoms with E-state index in [9.17, 15) is 0 Å². The first-order valence-corrected chi connectivity index (χ1v) is 3.77. The highest BCUT2D eigenvalue weighted by Gasteiger charge is 2.09. The molecule has 0 aliphatic carbocycles. The lowest BCUT2D eigenvalue weighted by molar-refractivity contribution is 0.0735. The van der Waals surface area contributed by atoms with Crippen molar-refractivity contribution >= 4 is 11.6 Å². The molecule has 0 aromatic rings. The van der Waals surface area contributed by atoms with Crippen molar-refractivity contribution in [2.75, 3.05) is 12.5 Å². The van der Waals surface area contributed by atoms with Crippen molar-refractivity contribution in [2.24, 2.45) is 0 Å². The Hall–Kier alpha value is 0.170. The standard InChI is InChI=1S/C6H13ClO3/c7-4-6(10)3-5(9)1-2-8/h5-6,8-10H,1-4H2/t5-,6-/m0/s1. The fraction of sp³-hybridized carbons (Fsp3) is 1.00. The van der Waals surface area contributed by atoms with Crippen LogP contribution in [0.5, 0.6) is 0 Å². The molecule has 2 atom stereocenters. The van der Waals surface area contributed by atoms with Crippen LogP contribution in [0.4, 0.5) is 0 Å². The fourth-order valence-electron chi connectivity index (χ4n) is 0.644. The second kappa shape index (κ2) is 5.92. The molecule has 62 valence electrons. The van der Waals surface area contributed by atoms with Gasteiger partial charge in [0.15, 0.2) is 0 Å². The number of aliphatic hydroxyl groups excluding tert-OH is 3. The van der Waals surface area contributed by atoms with Gasteiger partial charge in [-0.3, -0.25) is 0 Å². The lowest BCUT2D eigenvalue weighted by atomic mass is 10.1. The molecule has 0 rings (SSSR count). The molecule has 3 N–H and O–H groups in total. The Morgan fingerprint density at radius 2 is 1.80 bits per heavy atom. The van der Waals surface area contributed by atoms with Crippen molar-refractivity contribution in [1.82, 2.24) is 0 Å². The van der Waals surface area contributed by atoms with Crippen molar-refractivity contribution < 1.29 is 15.3 Å². The van der Waals surface area contributed by atoms with Crippen molar-refractivity contribution in [3.63, 3.8) is 0 Å². The van der Waals surface area contributed by atoms with Crippen LogP contribution in [-0.2, 0) is 0 Å². The molecule has 0 heterocycles. The van der Waals surface area contributed by atoms with Crippen LogP contribution in [0, 0.1) is 0 Å². The summed E-state index contributed by atoms with van der Waals surface area (Å²) in [6, 6.07) is 0. The van der Waals surface area contributed by atoms with E-state index in [1.54, 1.807) is 0 Å². The topological polar surface area (TPSA) is 60.7 Å². The van der Waals surface area contributed by atoms with Crippen LogP contribution in [0.25, 0.3) is 0 Å². The SMILES string of the molecule is OCC[C@H](O)C[C@H](O)CCl. The Morgan fingerprint density at radius 3 is 2.20 bits per heavy atom. The molecule has 0 fully saturated rings. The number of aliphatic hydroxyl groups is 3. The van der Waals surface area contributed by atoms with Gasteiger partial charge >= 0.3 is 0 Å². The summed E-state index contributed by atoms with van der Waals surface area (Å²) in [7, 11) is 0. The van der Waals surface area contributed by atoms with Gasteiger partial charge in [0.1, 0.15) is 0 Å². The molecule has 0 aromatic heterocycles. The minimum absolute atomic E-state index is 0.0594. The third-order valence-electron chi connectivity index (χ3n) is 1.18. The van der Waals surface area contributed by atoms with E-state index in [1.165, 1.54) is 0 Å². The summed E-state index contributed by atoms with van der Waals surface area (Å²) < 4.78 is 0. The number of rotatable bonds is 5. The predicted octanol–water partition coefficient (Wildman–Crippen LogP) is -0.281. The highest BCUT2D eigenvalue weighted by molar-refractivity contribution is 6.18. The molecule has 3 nitrogen and oxygen atoms in total. The zero-order chi connectivity index (χ0) is 7.98. The van der Waals surface area contributed by atoms with Crippen LogP contribution >= 0.6 is 11.6 Å². The molecule has 0 saturated carbocycles. The van der Waals surface area contributed by atoms with Gasteiger partial charge in [-0.25, -0.2) is 0 Å². The Morgan fingerprint density at radius 1 is 1.20 bits per heavy atom. The zero-order valence-electron chi connectivity index (χ0n) is 5.70. The first-order chi connectivity index (χ1) is 4.70. The molecular weight excluding hydrogens is 156 g/mol. The second-order valence-electron chi connectivity index (χ2n) is 2.21. The monoisotopic (exact) mass is 168 g/mol. The summed E-state index contributed by atoms with van der Waals surface area (Å²) in [6.45, 7) is -0.0594. The van der Waals surface area contributed by atoms with Crippen LogP contribution < -0.4 is 0 Å². The lowest BCUT2D eigenvalue weighted by Gasteiger charge is -2.11. The van der Waals surface area contributed by atoms with E-state index in [-0.39, 0.29) is 18.9 Å². The quantitative estimate of drug-likeness (QED) is 0.495. The van der Waals surface area contributed by atoms with E-state index in [0.29, 0.717) is 6.42 Å². The minimum atomic E-state index is -0.664. The van der Waals surface area contributed by atoms with Gasteiger partial charge in [-0.2, -0.15) is 0 Å². The average molecular weight is 169 g/mol. The van der Waals surface area contributed by atoms with Crippen molar-refractivity contribution in [2.45, 2.75) is 25.0 Å². The Bertz CT molecular complexity index is 79.4. The maximum absolute atomic E-state index is 8.97. The van der Waals surface area contributed by atoms with Gasteiger partial charge in [0.25, 0.3) is 0 Å². The molecule has 0 saturated heterocycles. The van der Waals surface area contributed by atoms with E-state index >= 15 is 0 Å². The molecule has 10 heavy (non-hydrogen) atoms. The van der Waals surface area contributed by atoms with E-state index in [0.717, 1.165) is 0 Å². The summed E-state index contributed by atoms with van der Waals surface area (Å²) in [6.07, 6.45) is -0.764. The molecule has 0 radical (unpaired) electrons. The van der Waals surface area contributed by atoms with Gasteiger partial charge in [0, 0.05) is 18.9 Å². The molecule has 0 amide bonds. The number of hydrogen-bond acceptors (Lipinski definition) is 3. The van der Waals surface area contributed by atoms with Crippen LogP contribution in [0.1, 0.15) is 12.8 Å². The number of halogens is 1. The van der Waals surface area contributed by atoms with Crippen LogP contribution in [-0.4, -0.2) is 40.0 Å². The first-order valence-electron chi connectivity index (χ1n) is 3.23. The van der Waals surface area contributed by atoms with Crippen LogP contribution in [0.2, 0.25) is 0 Å². The minimum Gasteiger partial charge on any atom is -0.396 e.